The van der Waals surface area contributed by atoms with Gasteiger partial charge in [0.2, 0.25) is 0 Å². The highest BCUT2D eigenvalue weighted by Crippen LogP contribution is 2.45. The Labute approximate surface area is 292 Å². The molecule has 1 aromatic heterocycles. The van der Waals surface area contributed by atoms with E-state index in [1.165, 1.54) is 38.9 Å². The first-order chi connectivity index (χ1) is 24.8. The van der Waals surface area contributed by atoms with Crippen molar-refractivity contribution in [2.75, 3.05) is 4.90 Å². The number of benzene rings is 8. The molecule has 0 radical (unpaired) electrons. The standard InChI is InChI=1S/C48H33NO/c1-3-13-34(14-4-1)35-23-25-36(26-24-35)37-27-29-39(30-28-37)49(40-31-32-45-44-20-10-12-22-47(44)50-48(45)33-40)46-21-11-9-19-43(46)42-18-8-7-17-41(42)38-15-5-2-6-16-38/h1-33H. The van der Waals surface area contributed by atoms with Crippen LogP contribution in [0.4, 0.5) is 17.1 Å². The van der Waals surface area contributed by atoms with Gasteiger partial charge in [0.25, 0.3) is 0 Å². The summed E-state index contributed by atoms with van der Waals surface area (Å²) in [5, 5.41) is 2.24. The Hall–Kier alpha value is -6.64. The summed E-state index contributed by atoms with van der Waals surface area (Å²) < 4.78 is 6.40. The summed E-state index contributed by atoms with van der Waals surface area (Å²) in [7, 11) is 0. The van der Waals surface area contributed by atoms with Gasteiger partial charge in [0.1, 0.15) is 11.2 Å². The molecule has 0 aliphatic heterocycles. The van der Waals surface area contributed by atoms with Crippen LogP contribution in [0.15, 0.2) is 205 Å². The molecule has 0 spiro atoms. The Bertz CT molecular complexity index is 2570. The molecule has 236 valence electrons. The first-order valence-electron chi connectivity index (χ1n) is 17.0. The second-order valence-corrected chi connectivity index (χ2v) is 12.5. The fourth-order valence-corrected chi connectivity index (χ4v) is 7.05. The molecule has 0 N–H and O–H groups in total. The van der Waals surface area contributed by atoms with E-state index in [0.29, 0.717) is 0 Å². The smallest absolute Gasteiger partial charge is 0.137 e. The number of hydrogen-bond donors (Lipinski definition) is 0. The summed E-state index contributed by atoms with van der Waals surface area (Å²) in [5.41, 5.74) is 14.4. The molecule has 0 saturated heterocycles. The van der Waals surface area contributed by atoms with Crippen molar-refractivity contribution >= 4 is 39.0 Å². The molecule has 0 saturated carbocycles. The number of fused-ring (bicyclic) bond motifs is 3. The fourth-order valence-electron chi connectivity index (χ4n) is 7.05. The van der Waals surface area contributed by atoms with Gasteiger partial charge in [-0.05, 0) is 75.3 Å². The lowest BCUT2D eigenvalue weighted by Gasteiger charge is -2.28. The molecule has 1 heterocycles. The maximum Gasteiger partial charge on any atom is 0.137 e. The van der Waals surface area contributed by atoms with Gasteiger partial charge >= 0.3 is 0 Å². The molecule has 2 nitrogen and oxygen atoms in total. The number of para-hydroxylation sites is 2. The number of nitrogens with zero attached hydrogens (tertiary/aromatic N) is 1. The van der Waals surface area contributed by atoms with E-state index < -0.39 is 0 Å². The Balaban J connectivity index is 1.18. The van der Waals surface area contributed by atoms with E-state index in [2.05, 4.69) is 193 Å². The molecule has 0 amide bonds. The zero-order chi connectivity index (χ0) is 33.3. The molecule has 0 aliphatic rings. The van der Waals surface area contributed by atoms with E-state index >= 15 is 0 Å². The fraction of sp³-hybridized carbons (Fsp3) is 0. The minimum atomic E-state index is 0.867. The molecule has 2 heteroatoms. The van der Waals surface area contributed by atoms with Crippen LogP contribution in [0.3, 0.4) is 0 Å². The minimum absolute atomic E-state index is 0.867. The predicted octanol–water partition coefficient (Wildman–Crippen LogP) is 13.7. The Morgan fingerprint density at radius 2 is 0.780 bits per heavy atom. The van der Waals surface area contributed by atoms with Gasteiger partial charge in [0.05, 0.1) is 5.69 Å². The van der Waals surface area contributed by atoms with E-state index in [-0.39, 0.29) is 0 Å². The lowest BCUT2D eigenvalue weighted by molar-refractivity contribution is 0.669. The maximum atomic E-state index is 6.40. The molecule has 50 heavy (non-hydrogen) atoms. The van der Waals surface area contributed by atoms with Crippen LogP contribution in [0.2, 0.25) is 0 Å². The van der Waals surface area contributed by atoms with E-state index in [1.54, 1.807) is 0 Å². The van der Waals surface area contributed by atoms with Crippen molar-refractivity contribution in [3.63, 3.8) is 0 Å². The number of hydrogen-bond acceptors (Lipinski definition) is 2. The third-order valence-electron chi connectivity index (χ3n) is 9.52. The summed E-state index contributed by atoms with van der Waals surface area (Å²) in [5.74, 6) is 0. The number of rotatable bonds is 7. The second kappa shape index (κ2) is 12.8. The highest BCUT2D eigenvalue weighted by molar-refractivity contribution is 6.06. The normalized spacial score (nSPS) is 11.2. The third kappa shape index (κ3) is 5.43. The van der Waals surface area contributed by atoms with Crippen LogP contribution in [-0.2, 0) is 0 Å². The molecular formula is C48H33NO. The zero-order valence-electron chi connectivity index (χ0n) is 27.4. The lowest BCUT2D eigenvalue weighted by Crippen LogP contribution is -2.11. The van der Waals surface area contributed by atoms with Crippen molar-refractivity contribution in [3.05, 3.63) is 200 Å². The number of anilines is 3. The van der Waals surface area contributed by atoms with Gasteiger partial charge < -0.3 is 9.32 Å². The minimum Gasteiger partial charge on any atom is -0.456 e. The van der Waals surface area contributed by atoms with Gasteiger partial charge in [0.15, 0.2) is 0 Å². The molecule has 9 aromatic rings. The first kappa shape index (κ1) is 29.5. The summed E-state index contributed by atoms with van der Waals surface area (Å²) in [6.45, 7) is 0. The van der Waals surface area contributed by atoms with Crippen LogP contribution in [-0.4, -0.2) is 0 Å². The van der Waals surface area contributed by atoms with Gasteiger partial charge in [-0.1, -0.05) is 158 Å². The van der Waals surface area contributed by atoms with Crippen molar-refractivity contribution in [3.8, 4) is 44.5 Å². The lowest BCUT2D eigenvalue weighted by atomic mass is 9.93. The van der Waals surface area contributed by atoms with E-state index in [9.17, 15) is 0 Å². The van der Waals surface area contributed by atoms with Crippen LogP contribution in [0.1, 0.15) is 0 Å². The van der Waals surface area contributed by atoms with Crippen molar-refractivity contribution in [1.82, 2.24) is 0 Å². The highest BCUT2D eigenvalue weighted by atomic mass is 16.3. The Morgan fingerprint density at radius 3 is 1.48 bits per heavy atom. The van der Waals surface area contributed by atoms with Gasteiger partial charge in [0, 0.05) is 33.8 Å². The summed E-state index contributed by atoms with van der Waals surface area (Å²) in [6, 6.07) is 71.1. The van der Waals surface area contributed by atoms with E-state index in [1.807, 2.05) is 12.1 Å². The average molecular weight is 640 g/mol. The summed E-state index contributed by atoms with van der Waals surface area (Å²) in [6.07, 6.45) is 0. The van der Waals surface area contributed by atoms with Crippen molar-refractivity contribution < 1.29 is 4.42 Å². The van der Waals surface area contributed by atoms with Crippen LogP contribution in [0.25, 0.3) is 66.4 Å². The predicted molar refractivity (Wildman–Crippen MR) is 210 cm³/mol. The molecule has 0 atom stereocenters. The van der Waals surface area contributed by atoms with Crippen LogP contribution in [0, 0.1) is 0 Å². The third-order valence-corrected chi connectivity index (χ3v) is 9.52. The van der Waals surface area contributed by atoms with Crippen LogP contribution >= 0.6 is 0 Å². The second-order valence-electron chi connectivity index (χ2n) is 12.5. The molecule has 0 fully saturated rings. The zero-order valence-corrected chi connectivity index (χ0v) is 27.4. The van der Waals surface area contributed by atoms with E-state index in [0.717, 1.165) is 44.6 Å². The average Bonchev–Trinajstić information content (AvgIpc) is 3.57. The summed E-state index contributed by atoms with van der Waals surface area (Å²) >= 11 is 0. The molecular weight excluding hydrogens is 607 g/mol. The Morgan fingerprint density at radius 1 is 0.300 bits per heavy atom. The molecule has 9 rings (SSSR count). The maximum absolute atomic E-state index is 6.40. The highest BCUT2D eigenvalue weighted by Gasteiger charge is 2.20. The molecule has 0 unspecified atom stereocenters. The first-order valence-corrected chi connectivity index (χ1v) is 17.0. The van der Waals surface area contributed by atoms with Crippen molar-refractivity contribution in [2.24, 2.45) is 0 Å². The molecule has 8 aromatic carbocycles. The summed E-state index contributed by atoms with van der Waals surface area (Å²) in [4.78, 5) is 2.35. The number of furan rings is 1. The Kier molecular flexibility index (Phi) is 7.53. The SMILES string of the molecule is c1ccc(-c2ccc(-c3ccc(N(c4ccc5c(c4)oc4ccccc45)c4ccccc4-c4ccccc4-c4ccccc4)cc3)cc2)cc1. The van der Waals surface area contributed by atoms with Crippen molar-refractivity contribution in [2.45, 2.75) is 0 Å². The van der Waals surface area contributed by atoms with Gasteiger partial charge in [-0.15, -0.1) is 0 Å². The molecule has 0 aliphatic carbocycles. The van der Waals surface area contributed by atoms with Crippen molar-refractivity contribution in [1.29, 1.82) is 0 Å². The van der Waals surface area contributed by atoms with Gasteiger partial charge in [-0.3, -0.25) is 0 Å². The van der Waals surface area contributed by atoms with E-state index in [4.69, 9.17) is 4.42 Å². The quantitative estimate of drug-likeness (QED) is 0.173. The molecule has 0 bridgehead atoms. The van der Waals surface area contributed by atoms with Gasteiger partial charge in [-0.2, -0.15) is 0 Å². The monoisotopic (exact) mass is 639 g/mol. The van der Waals surface area contributed by atoms with Crippen LogP contribution < -0.4 is 4.90 Å². The topological polar surface area (TPSA) is 16.4 Å². The van der Waals surface area contributed by atoms with Crippen LogP contribution in [0.5, 0.6) is 0 Å². The van der Waals surface area contributed by atoms with Gasteiger partial charge in [-0.25, -0.2) is 0 Å². The largest absolute Gasteiger partial charge is 0.456 e.